The summed E-state index contributed by atoms with van der Waals surface area (Å²) in [5.41, 5.74) is 4.12. The van der Waals surface area contributed by atoms with Crippen LogP contribution in [-0.4, -0.2) is 11.1 Å². The number of hydrogen-bond donors (Lipinski definition) is 1. The second kappa shape index (κ2) is 1.47. The van der Waals surface area contributed by atoms with Gasteiger partial charge in [-0.2, -0.15) is 0 Å². The van der Waals surface area contributed by atoms with Crippen molar-refractivity contribution >= 4 is 5.97 Å². The molecule has 1 atom stereocenters. The molecule has 13 heavy (non-hydrogen) atoms. The van der Waals surface area contributed by atoms with Gasteiger partial charge < -0.3 is 5.11 Å². The molecule has 4 aliphatic carbocycles. The molecule has 0 bridgehead atoms. The van der Waals surface area contributed by atoms with Gasteiger partial charge in [0, 0.05) is 10.8 Å². The third kappa shape index (κ3) is 0.534. The molecule has 2 heteroatoms. The maximum absolute atomic E-state index is 10.7. The maximum Gasteiger partial charge on any atom is 0.310 e. The molecule has 4 aliphatic rings. The van der Waals surface area contributed by atoms with Gasteiger partial charge >= 0.3 is 5.97 Å². The smallest absolute Gasteiger partial charge is 0.310 e. The number of carboxylic acids is 1. The van der Waals surface area contributed by atoms with Crippen LogP contribution < -0.4 is 0 Å². The van der Waals surface area contributed by atoms with Crippen molar-refractivity contribution in [3.63, 3.8) is 0 Å². The number of carboxylic acid groups (broad SMARTS) is 1. The van der Waals surface area contributed by atoms with Gasteiger partial charge in [0.1, 0.15) is 0 Å². The highest BCUT2D eigenvalue weighted by molar-refractivity contribution is 5.82. The fourth-order valence-electron chi connectivity index (χ4n) is 3.63. The van der Waals surface area contributed by atoms with Gasteiger partial charge in [0.05, 0.1) is 5.92 Å². The Morgan fingerprint density at radius 1 is 1.23 bits per heavy atom. The minimum Gasteiger partial charge on any atom is -0.481 e. The van der Waals surface area contributed by atoms with E-state index in [1.54, 1.807) is 5.57 Å². The summed E-state index contributed by atoms with van der Waals surface area (Å²) >= 11 is 0. The van der Waals surface area contributed by atoms with Crippen LogP contribution >= 0.6 is 0 Å². The van der Waals surface area contributed by atoms with Crippen molar-refractivity contribution in [1.82, 2.24) is 0 Å². The van der Waals surface area contributed by atoms with Crippen LogP contribution in [0.4, 0.5) is 0 Å². The van der Waals surface area contributed by atoms with Crippen LogP contribution in [0.5, 0.6) is 0 Å². The molecule has 0 radical (unpaired) electrons. The number of fused-ring (bicyclic) bond motifs is 1. The van der Waals surface area contributed by atoms with Crippen molar-refractivity contribution in [2.24, 2.45) is 16.7 Å². The first kappa shape index (κ1) is 6.63. The first-order chi connectivity index (χ1) is 6.21. The average Bonchev–Trinajstić information content (AvgIpc) is 2.96. The van der Waals surface area contributed by atoms with Crippen molar-refractivity contribution in [2.75, 3.05) is 0 Å². The Morgan fingerprint density at radius 2 is 1.77 bits per heavy atom. The number of hydrogen-bond acceptors (Lipinski definition) is 1. The third-order valence-corrected chi connectivity index (χ3v) is 4.61. The van der Waals surface area contributed by atoms with Crippen LogP contribution in [0.15, 0.2) is 11.1 Å². The highest BCUT2D eigenvalue weighted by Crippen LogP contribution is 2.94. The highest BCUT2D eigenvalue weighted by Gasteiger charge is 2.84. The lowest BCUT2D eigenvalue weighted by atomic mass is 10.3. The summed E-state index contributed by atoms with van der Waals surface area (Å²) in [7, 11) is 0. The molecule has 0 saturated heterocycles. The van der Waals surface area contributed by atoms with Gasteiger partial charge in [-0.25, -0.2) is 0 Å². The molecular formula is C11H12O2. The first-order valence-electron chi connectivity index (χ1n) is 5.18. The van der Waals surface area contributed by atoms with Crippen LogP contribution in [0.3, 0.4) is 0 Å². The van der Waals surface area contributed by atoms with Crippen molar-refractivity contribution in [3.05, 3.63) is 11.1 Å². The van der Waals surface area contributed by atoms with Crippen LogP contribution in [0, 0.1) is 16.7 Å². The van der Waals surface area contributed by atoms with Gasteiger partial charge in [0.2, 0.25) is 0 Å². The number of allylic oxidation sites excluding steroid dienone is 1. The molecule has 0 heterocycles. The summed E-state index contributed by atoms with van der Waals surface area (Å²) < 4.78 is 0. The van der Waals surface area contributed by atoms with E-state index in [1.807, 2.05) is 0 Å². The Bertz CT molecular complexity index is 350. The van der Waals surface area contributed by atoms with Gasteiger partial charge in [-0.15, -0.1) is 0 Å². The van der Waals surface area contributed by atoms with E-state index in [9.17, 15) is 4.79 Å². The molecule has 0 aliphatic heterocycles. The molecule has 1 N–H and O–H groups in total. The summed E-state index contributed by atoms with van der Waals surface area (Å²) in [6.07, 6.45) is 6.31. The van der Waals surface area contributed by atoms with Crippen molar-refractivity contribution in [2.45, 2.75) is 32.1 Å². The lowest BCUT2D eigenvalue weighted by molar-refractivity contribution is -0.138. The predicted octanol–water partition coefficient (Wildman–Crippen LogP) is 1.96. The molecule has 0 amide bonds. The topological polar surface area (TPSA) is 37.3 Å². The number of aliphatic carboxylic acids is 1. The molecular weight excluding hydrogens is 164 g/mol. The zero-order chi connectivity index (χ0) is 8.84. The van der Waals surface area contributed by atoms with E-state index in [2.05, 4.69) is 0 Å². The van der Waals surface area contributed by atoms with Gasteiger partial charge in [-0.1, -0.05) is 11.1 Å². The molecule has 2 nitrogen and oxygen atoms in total. The lowest BCUT2D eigenvalue weighted by Crippen LogP contribution is -1.95. The summed E-state index contributed by atoms with van der Waals surface area (Å²) in [4.78, 5) is 10.7. The van der Waals surface area contributed by atoms with Crippen LogP contribution in [0.1, 0.15) is 32.1 Å². The first-order valence-corrected chi connectivity index (χ1v) is 5.18. The van der Waals surface area contributed by atoms with E-state index in [-0.39, 0.29) is 5.92 Å². The Hall–Kier alpha value is -0.790. The van der Waals surface area contributed by atoms with Gasteiger partial charge in [0.25, 0.3) is 0 Å². The van der Waals surface area contributed by atoms with Gasteiger partial charge in [-0.05, 0) is 32.1 Å². The predicted molar refractivity (Wildman–Crippen MR) is 46.1 cm³/mol. The van der Waals surface area contributed by atoms with Crippen molar-refractivity contribution < 1.29 is 9.90 Å². The van der Waals surface area contributed by atoms with Crippen molar-refractivity contribution in [3.8, 4) is 0 Å². The molecule has 0 aromatic heterocycles. The van der Waals surface area contributed by atoms with E-state index >= 15 is 0 Å². The van der Waals surface area contributed by atoms with Crippen LogP contribution in [0.2, 0.25) is 0 Å². The Kier molecular flexibility index (Phi) is 0.749. The second-order valence-corrected chi connectivity index (χ2v) is 5.16. The Labute approximate surface area is 76.6 Å². The Balaban J connectivity index is 1.75. The van der Waals surface area contributed by atoms with Crippen LogP contribution in [0.25, 0.3) is 0 Å². The van der Waals surface area contributed by atoms with E-state index < -0.39 is 5.97 Å². The Morgan fingerprint density at radius 3 is 2.08 bits per heavy atom. The van der Waals surface area contributed by atoms with E-state index in [4.69, 9.17) is 5.11 Å². The second-order valence-electron chi connectivity index (χ2n) is 5.16. The van der Waals surface area contributed by atoms with Gasteiger partial charge in [-0.3, -0.25) is 4.79 Å². The van der Waals surface area contributed by atoms with Gasteiger partial charge in [0.15, 0.2) is 0 Å². The molecule has 4 saturated carbocycles. The maximum atomic E-state index is 10.7. The highest BCUT2D eigenvalue weighted by atomic mass is 16.4. The molecule has 4 fully saturated rings. The standard InChI is InChI=1S/C11H12O2/c12-9(13)7-5-6(7)8-10(1-2-10)11(8)3-4-11/h7H,1-5H2,(H,12,13). The molecule has 2 spiro atoms. The molecule has 1 unspecified atom stereocenters. The number of carbonyl (C=O) groups is 1. The van der Waals surface area contributed by atoms with E-state index in [0.29, 0.717) is 10.8 Å². The minimum atomic E-state index is -0.596. The normalized spacial score (nSPS) is 39.5. The summed E-state index contributed by atoms with van der Waals surface area (Å²) in [5.74, 6) is -0.673. The summed E-state index contributed by atoms with van der Waals surface area (Å²) in [5, 5.41) is 8.85. The fourth-order valence-corrected chi connectivity index (χ4v) is 3.63. The zero-order valence-electron chi connectivity index (χ0n) is 7.47. The quantitative estimate of drug-likeness (QED) is 0.620. The molecule has 0 aromatic carbocycles. The van der Waals surface area contributed by atoms with E-state index in [1.165, 1.54) is 31.3 Å². The van der Waals surface area contributed by atoms with Crippen molar-refractivity contribution in [1.29, 1.82) is 0 Å². The van der Waals surface area contributed by atoms with E-state index in [0.717, 1.165) is 6.42 Å². The summed E-state index contributed by atoms with van der Waals surface area (Å²) in [6.45, 7) is 0. The SMILES string of the molecule is O=C(O)C1CC1=C1C2(CC2)C12CC2. The average molecular weight is 176 g/mol. The molecule has 0 aromatic rings. The molecule has 4 rings (SSSR count). The zero-order valence-corrected chi connectivity index (χ0v) is 7.47. The lowest BCUT2D eigenvalue weighted by Gasteiger charge is -1.80. The summed E-state index contributed by atoms with van der Waals surface area (Å²) in [6, 6.07) is 0. The monoisotopic (exact) mass is 176 g/mol. The largest absolute Gasteiger partial charge is 0.481 e. The fraction of sp³-hybridized carbons (Fsp3) is 0.727. The minimum absolute atomic E-state index is 0.0764. The third-order valence-electron chi connectivity index (χ3n) is 4.61. The van der Waals surface area contributed by atoms with Crippen LogP contribution in [-0.2, 0) is 4.79 Å². The molecule has 68 valence electrons. The number of rotatable bonds is 1.